The van der Waals surface area contributed by atoms with Gasteiger partial charge in [-0.3, -0.25) is 9.48 Å². The van der Waals surface area contributed by atoms with E-state index in [0.717, 1.165) is 0 Å². The van der Waals surface area contributed by atoms with Gasteiger partial charge in [-0.05, 0) is 10.8 Å². The first-order valence-electron chi connectivity index (χ1n) is 7.51. The number of nitrogens with zero attached hydrogens (tertiary/aromatic N) is 4. The van der Waals surface area contributed by atoms with E-state index in [-0.39, 0.29) is 22.7 Å². The number of hydrogen-bond acceptors (Lipinski definition) is 5. The highest BCUT2D eigenvalue weighted by Gasteiger charge is 2.68. The maximum Gasteiger partial charge on any atom is 0.238 e. The van der Waals surface area contributed by atoms with E-state index in [1.807, 2.05) is 0 Å². The second-order valence-corrected chi connectivity index (χ2v) is 7.06. The zero-order valence-corrected chi connectivity index (χ0v) is 14.0. The standard InChI is InChI=1S/C16H21N5O2/c1-15(2)13(16(15,3)4)14(22)20-11-7-18-12(8-17-11)23-10-6-19-21(5)9-10/h6-9,13H,1-5H3,(H,17,20,22). The molecule has 0 aromatic carbocycles. The van der Waals surface area contributed by atoms with Gasteiger partial charge in [-0.15, -0.1) is 0 Å². The third kappa shape index (κ3) is 2.67. The predicted octanol–water partition coefficient (Wildman–Crippen LogP) is 2.62. The molecule has 1 N–H and O–H groups in total. The van der Waals surface area contributed by atoms with Crippen LogP contribution in [-0.4, -0.2) is 25.7 Å². The number of hydrogen-bond donors (Lipinski definition) is 1. The lowest BCUT2D eigenvalue weighted by atomic mass is 10.0. The monoisotopic (exact) mass is 315 g/mol. The molecule has 2 aromatic rings. The minimum Gasteiger partial charge on any atom is -0.434 e. The van der Waals surface area contributed by atoms with Crippen LogP contribution in [0.25, 0.3) is 0 Å². The van der Waals surface area contributed by atoms with Gasteiger partial charge in [0.05, 0.1) is 24.8 Å². The van der Waals surface area contributed by atoms with Crippen LogP contribution in [0.3, 0.4) is 0 Å². The molecule has 7 nitrogen and oxygen atoms in total. The van der Waals surface area contributed by atoms with Gasteiger partial charge in [-0.1, -0.05) is 27.7 Å². The molecule has 0 radical (unpaired) electrons. The minimum absolute atomic E-state index is 0.00608. The fourth-order valence-electron chi connectivity index (χ4n) is 3.06. The molecule has 1 amide bonds. The van der Waals surface area contributed by atoms with Gasteiger partial charge in [0.1, 0.15) is 0 Å². The van der Waals surface area contributed by atoms with Crippen molar-refractivity contribution in [3.05, 3.63) is 24.8 Å². The molecule has 2 heterocycles. The largest absolute Gasteiger partial charge is 0.434 e. The minimum atomic E-state index is -0.0249. The van der Waals surface area contributed by atoms with Crippen LogP contribution in [-0.2, 0) is 11.8 Å². The Labute approximate surface area is 135 Å². The van der Waals surface area contributed by atoms with Crippen LogP contribution >= 0.6 is 0 Å². The third-order valence-electron chi connectivity index (χ3n) is 5.07. The van der Waals surface area contributed by atoms with Crippen molar-refractivity contribution >= 4 is 11.7 Å². The summed E-state index contributed by atoms with van der Waals surface area (Å²) < 4.78 is 7.15. The molecule has 3 rings (SSSR count). The highest BCUT2D eigenvalue weighted by Crippen LogP contribution is 2.68. The zero-order chi connectivity index (χ0) is 16.8. The van der Waals surface area contributed by atoms with Crippen molar-refractivity contribution in [2.75, 3.05) is 5.32 Å². The van der Waals surface area contributed by atoms with Gasteiger partial charge in [0.15, 0.2) is 11.6 Å². The molecular formula is C16H21N5O2. The SMILES string of the molecule is Cn1cc(Oc2cnc(NC(=O)C3C(C)(C)C3(C)C)cn2)cn1. The van der Waals surface area contributed by atoms with Crippen LogP contribution in [0.2, 0.25) is 0 Å². The van der Waals surface area contributed by atoms with Gasteiger partial charge in [0.2, 0.25) is 11.8 Å². The van der Waals surface area contributed by atoms with Gasteiger partial charge in [-0.2, -0.15) is 5.10 Å². The second-order valence-electron chi connectivity index (χ2n) is 7.06. The molecule has 1 saturated carbocycles. The zero-order valence-electron chi connectivity index (χ0n) is 14.0. The number of anilines is 1. The summed E-state index contributed by atoms with van der Waals surface area (Å²) in [6, 6.07) is 0. The van der Waals surface area contributed by atoms with Crippen LogP contribution < -0.4 is 10.1 Å². The number of nitrogens with one attached hydrogen (secondary N) is 1. The molecule has 23 heavy (non-hydrogen) atoms. The number of aromatic nitrogens is 4. The molecule has 2 aromatic heterocycles. The average molecular weight is 315 g/mol. The molecule has 1 fully saturated rings. The lowest BCUT2D eigenvalue weighted by Gasteiger charge is -2.06. The summed E-state index contributed by atoms with van der Waals surface area (Å²) in [6.45, 7) is 8.42. The van der Waals surface area contributed by atoms with Crippen LogP contribution in [0.1, 0.15) is 27.7 Å². The predicted molar refractivity (Wildman–Crippen MR) is 85.0 cm³/mol. The van der Waals surface area contributed by atoms with Gasteiger partial charge in [-0.25, -0.2) is 9.97 Å². The van der Waals surface area contributed by atoms with E-state index in [1.165, 1.54) is 12.4 Å². The molecule has 7 heteroatoms. The average Bonchev–Trinajstić information content (AvgIpc) is 2.73. The summed E-state index contributed by atoms with van der Waals surface area (Å²) in [5, 5.41) is 6.84. The molecular weight excluding hydrogens is 294 g/mol. The fraction of sp³-hybridized carbons (Fsp3) is 0.500. The van der Waals surface area contributed by atoms with Gasteiger partial charge < -0.3 is 10.1 Å². The molecule has 0 saturated heterocycles. The van der Waals surface area contributed by atoms with E-state index < -0.39 is 0 Å². The van der Waals surface area contributed by atoms with Crippen molar-refractivity contribution < 1.29 is 9.53 Å². The first-order chi connectivity index (χ1) is 10.7. The Morgan fingerprint density at radius 2 is 1.87 bits per heavy atom. The maximum absolute atomic E-state index is 12.4. The van der Waals surface area contributed by atoms with E-state index in [1.54, 1.807) is 24.1 Å². The Bertz CT molecular complexity index is 719. The van der Waals surface area contributed by atoms with Crippen LogP contribution in [0, 0.1) is 16.7 Å². The summed E-state index contributed by atoms with van der Waals surface area (Å²) in [4.78, 5) is 20.7. The van der Waals surface area contributed by atoms with E-state index in [9.17, 15) is 4.79 Å². The number of carbonyl (C=O) groups is 1. The Hall–Kier alpha value is -2.44. The number of ether oxygens (including phenoxy) is 1. The number of aryl methyl sites for hydroxylation is 1. The lowest BCUT2D eigenvalue weighted by Crippen LogP contribution is -2.18. The molecule has 0 atom stereocenters. The van der Waals surface area contributed by atoms with Crippen molar-refractivity contribution in [2.45, 2.75) is 27.7 Å². The Balaban J connectivity index is 1.63. The van der Waals surface area contributed by atoms with Gasteiger partial charge >= 0.3 is 0 Å². The summed E-state index contributed by atoms with van der Waals surface area (Å²) >= 11 is 0. The van der Waals surface area contributed by atoms with Crippen molar-refractivity contribution in [1.82, 2.24) is 19.7 Å². The van der Waals surface area contributed by atoms with Gasteiger partial charge in [0.25, 0.3) is 0 Å². The number of amides is 1. The molecule has 0 spiro atoms. The quantitative estimate of drug-likeness (QED) is 0.938. The number of rotatable bonds is 4. The van der Waals surface area contributed by atoms with Gasteiger partial charge in [0, 0.05) is 13.0 Å². The molecule has 1 aliphatic rings. The molecule has 0 aliphatic heterocycles. The summed E-state index contributed by atoms with van der Waals surface area (Å²) in [5.74, 6) is 1.31. The van der Waals surface area contributed by atoms with E-state index in [4.69, 9.17) is 4.74 Å². The Kier molecular flexibility index (Phi) is 3.39. The summed E-state index contributed by atoms with van der Waals surface area (Å²) in [7, 11) is 1.80. The van der Waals surface area contributed by atoms with Crippen molar-refractivity contribution in [1.29, 1.82) is 0 Å². The maximum atomic E-state index is 12.4. The molecule has 122 valence electrons. The van der Waals surface area contributed by atoms with Crippen LogP contribution in [0.5, 0.6) is 11.6 Å². The second kappa shape index (κ2) is 5.04. The first kappa shape index (κ1) is 15.5. The molecule has 0 bridgehead atoms. The number of carbonyl (C=O) groups excluding carboxylic acids is 1. The van der Waals surface area contributed by atoms with Crippen molar-refractivity contribution in [3.8, 4) is 11.6 Å². The normalized spacial score (nSPS) is 18.5. The summed E-state index contributed by atoms with van der Waals surface area (Å²) in [6.07, 6.45) is 6.29. The first-order valence-corrected chi connectivity index (χ1v) is 7.51. The highest BCUT2D eigenvalue weighted by molar-refractivity contribution is 5.95. The van der Waals surface area contributed by atoms with Crippen LogP contribution in [0.4, 0.5) is 5.82 Å². The molecule has 0 unspecified atom stereocenters. The lowest BCUT2D eigenvalue weighted by molar-refractivity contribution is -0.118. The Morgan fingerprint density at radius 1 is 1.17 bits per heavy atom. The fourth-order valence-corrected chi connectivity index (χ4v) is 3.06. The topological polar surface area (TPSA) is 81.9 Å². The van der Waals surface area contributed by atoms with Crippen LogP contribution in [0.15, 0.2) is 24.8 Å². The van der Waals surface area contributed by atoms with E-state index >= 15 is 0 Å². The molecule has 1 aliphatic carbocycles. The third-order valence-corrected chi connectivity index (χ3v) is 5.07. The van der Waals surface area contributed by atoms with Crippen molar-refractivity contribution in [3.63, 3.8) is 0 Å². The smallest absolute Gasteiger partial charge is 0.238 e. The van der Waals surface area contributed by atoms with E-state index in [0.29, 0.717) is 17.4 Å². The summed E-state index contributed by atoms with van der Waals surface area (Å²) in [5.41, 5.74) is -0.0122. The van der Waals surface area contributed by atoms with Crippen molar-refractivity contribution in [2.24, 2.45) is 23.8 Å². The highest BCUT2D eigenvalue weighted by atomic mass is 16.5. The Morgan fingerprint density at radius 3 is 2.35 bits per heavy atom. The van der Waals surface area contributed by atoms with E-state index in [2.05, 4.69) is 48.1 Å².